The van der Waals surface area contributed by atoms with Crippen LogP contribution in [-0.4, -0.2) is 45.7 Å². The highest BCUT2D eigenvalue weighted by Gasteiger charge is 2.35. The van der Waals surface area contributed by atoms with Crippen LogP contribution in [0.4, 0.5) is 13.2 Å². The first kappa shape index (κ1) is 31.7. The zero-order chi connectivity index (χ0) is 31.6. The van der Waals surface area contributed by atoms with Crippen molar-refractivity contribution in [1.82, 2.24) is 14.8 Å². The van der Waals surface area contributed by atoms with Crippen LogP contribution in [0.15, 0.2) is 115 Å². The van der Waals surface area contributed by atoms with E-state index in [1.165, 1.54) is 34.7 Å². The van der Waals surface area contributed by atoms with Crippen molar-refractivity contribution < 1.29 is 22.8 Å². The molecule has 1 aromatic heterocycles. The van der Waals surface area contributed by atoms with Crippen molar-refractivity contribution in [2.24, 2.45) is 5.92 Å². The number of halogens is 3. The summed E-state index contributed by atoms with van der Waals surface area (Å²) in [6.45, 7) is 1.31. The van der Waals surface area contributed by atoms with Crippen molar-refractivity contribution in [3.8, 4) is 0 Å². The first-order valence-corrected chi connectivity index (χ1v) is 15.2. The molecule has 1 saturated heterocycles. The van der Waals surface area contributed by atoms with Gasteiger partial charge in [-0.3, -0.25) is 14.6 Å². The fraction of sp³-hybridized carbons (Fsp3) is 0.270. The van der Waals surface area contributed by atoms with Gasteiger partial charge in [0.05, 0.1) is 17.8 Å². The van der Waals surface area contributed by atoms with Gasteiger partial charge in [-0.2, -0.15) is 13.2 Å². The van der Waals surface area contributed by atoms with Crippen LogP contribution in [0.5, 0.6) is 0 Å². The maximum Gasteiger partial charge on any atom is 0.416 e. The van der Waals surface area contributed by atoms with Crippen LogP contribution in [0.2, 0.25) is 0 Å². The van der Waals surface area contributed by atoms with Crippen molar-refractivity contribution in [3.05, 3.63) is 143 Å². The topological polar surface area (TPSA) is 53.5 Å². The van der Waals surface area contributed by atoms with Gasteiger partial charge in [-0.15, -0.1) is 0 Å². The Morgan fingerprint density at radius 3 is 2.07 bits per heavy atom. The molecular weight excluding hydrogens is 575 g/mol. The number of likely N-dealkylation sites (tertiary alicyclic amines) is 1. The minimum absolute atomic E-state index is 0.102. The Labute approximate surface area is 262 Å². The third-order valence-corrected chi connectivity index (χ3v) is 8.22. The zero-order valence-electron chi connectivity index (χ0n) is 24.9. The molecule has 0 bridgehead atoms. The first-order valence-electron chi connectivity index (χ1n) is 15.2. The van der Waals surface area contributed by atoms with E-state index in [2.05, 4.69) is 17.1 Å². The normalized spacial score (nSPS) is 14.8. The minimum Gasteiger partial charge on any atom is -0.341 e. The molecule has 0 spiro atoms. The number of piperidine rings is 1. The lowest BCUT2D eigenvalue weighted by molar-refractivity contribution is -0.145. The summed E-state index contributed by atoms with van der Waals surface area (Å²) in [5.74, 6) is -0.0695. The summed E-state index contributed by atoms with van der Waals surface area (Å²) in [6.07, 6.45) is 3.03. The second-order valence-electron chi connectivity index (χ2n) is 11.4. The molecule has 2 amide bonds. The fourth-order valence-electron chi connectivity index (χ4n) is 5.74. The van der Waals surface area contributed by atoms with Gasteiger partial charge in [0.1, 0.15) is 6.04 Å². The number of amides is 2. The van der Waals surface area contributed by atoms with E-state index >= 15 is 0 Å². The van der Waals surface area contributed by atoms with Gasteiger partial charge in [-0.25, -0.2) is 0 Å². The number of hydrogen-bond acceptors (Lipinski definition) is 3. The van der Waals surface area contributed by atoms with Crippen LogP contribution in [0.1, 0.15) is 40.8 Å². The largest absolute Gasteiger partial charge is 0.416 e. The Morgan fingerprint density at radius 1 is 0.844 bits per heavy atom. The standard InChI is InChI=1S/C37H36F3N3O2/c38-37(39,40)32-17-14-28(15-18-32)16-19-35(44)43(27-33-13-7-8-22-41-33)34(26-30-11-5-2-6-12-30)36(45)42-23-20-31(21-24-42)25-29-9-3-1-4-10-29/h1-19,22,31,34H,20-21,23-27H2/t34-/m0/s1. The van der Waals surface area contributed by atoms with Crippen molar-refractivity contribution >= 4 is 17.9 Å². The number of benzene rings is 3. The number of carbonyl (C=O) groups excluding carboxylic acids is 2. The average Bonchev–Trinajstić information content (AvgIpc) is 3.06. The van der Waals surface area contributed by atoms with Crippen LogP contribution in [0.3, 0.4) is 0 Å². The molecule has 45 heavy (non-hydrogen) atoms. The molecule has 1 aliphatic heterocycles. The molecule has 0 unspecified atom stereocenters. The van der Waals surface area contributed by atoms with Gasteiger partial charge < -0.3 is 9.80 Å². The maximum absolute atomic E-state index is 14.3. The van der Waals surface area contributed by atoms with Crippen LogP contribution in [-0.2, 0) is 35.2 Å². The Morgan fingerprint density at radius 2 is 1.47 bits per heavy atom. The van der Waals surface area contributed by atoms with Crippen molar-refractivity contribution in [1.29, 1.82) is 0 Å². The molecule has 3 aromatic carbocycles. The van der Waals surface area contributed by atoms with Gasteiger partial charge in [0.2, 0.25) is 11.8 Å². The van der Waals surface area contributed by atoms with Gasteiger partial charge in [0, 0.05) is 31.8 Å². The van der Waals surface area contributed by atoms with E-state index in [1.807, 2.05) is 59.5 Å². The Hall–Kier alpha value is -4.72. The summed E-state index contributed by atoms with van der Waals surface area (Å²) in [5, 5.41) is 0. The van der Waals surface area contributed by atoms with E-state index < -0.39 is 23.7 Å². The van der Waals surface area contributed by atoms with Gasteiger partial charge in [0.15, 0.2) is 0 Å². The molecule has 1 aliphatic rings. The van der Waals surface area contributed by atoms with Crippen LogP contribution < -0.4 is 0 Å². The molecule has 1 atom stereocenters. The highest BCUT2D eigenvalue weighted by atomic mass is 19.4. The van der Waals surface area contributed by atoms with Crippen molar-refractivity contribution in [3.63, 3.8) is 0 Å². The molecule has 2 heterocycles. The molecule has 5 nitrogen and oxygen atoms in total. The van der Waals surface area contributed by atoms with Crippen molar-refractivity contribution in [2.45, 2.75) is 44.4 Å². The predicted octanol–water partition coefficient (Wildman–Crippen LogP) is 7.24. The minimum atomic E-state index is -4.45. The number of pyridine rings is 1. The summed E-state index contributed by atoms with van der Waals surface area (Å²) in [7, 11) is 0. The number of nitrogens with zero attached hydrogens (tertiary/aromatic N) is 3. The lowest BCUT2D eigenvalue weighted by atomic mass is 9.89. The molecule has 0 N–H and O–H groups in total. The van der Waals surface area contributed by atoms with E-state index in [9.17, 15) is 22.8 Å². The maximum atomic E-state index is 14.3. The van der Waals surface area contributed by atoms with Gasteiger partial charge in [-0.05, 0) is 72.2 Å². The van der Waals surface area contributed by atoms with Gasteiger partial charge in [0.25, 0.3) is 0 Å². The number of rotatable bonds is 10. The smallest absolute Gasteiger partial charge is 0.341 e. The molecule has 8 heteroatoms. The monoisotopic (exact) mass is 611 g/mol. The zero-order valence-corrected chi connectivity index (χ0v) is 24.9. The second-order valence-corrected chi connectivity index (χ2v) is 11.4. The Bertz CT molecular complexity index is 1550. The van der Waals surface area contributed by atoms with Crippen LogP contribution in [0.25, 0.3) is 6.08 Å². The van der Waals surface area contributed by atoms with E-state index in [4.69, 9.17) is 0 Å². The molecule has 232 valence electrons. The lowest BCUT2D eigenvalue weighted by Gasteiger charge is -2.38. The summed E-state index contributed by atoms with van der Waals surface area (Å²) in [6, 6.07) is 29.2. The van der Waals surface area contributed by atoms with E-state index in [0.717, 1.165) is 37.0 Å². The van der Waals surface area contributed by atoms with Gasteiger partial charge in [-0.1, -0.05) is 78.9 Å². The first-order chi connectivity index (χ1) is 21.8. The summed E-state index contributed by atoms with van der Waals surface area (Å²) in [4.78, 5) is 36.0. The highest BCUT2D eigenvalue weighted by molar-refractivity contribution is 5.95. The molecule has 0 saturated carbocycles. The lowest BCUT2D eigenvalue weighted by Crippen LogP contribution is -2.53. The summed E-state index contributed by atoms with van der Waals surface area (Å²) < 4.78 is 39.1. The highest BCUT2D eigenvalue weighted by Crippen LogP contribution is 2.29. The fourth-order valence-corrected chi connectivity index (χ4v) is 5.74. The van der Waals surface area contributed by atoms with Crippen molar-refractivity contribution in [2.75, 3.05) is 13.1 Å². The van der Waals surface area contributed by atoms with E-state index in [0.29, 0.717) is 36.7 Å². The second kappa shape index (κ2) is 14.8. The quantitative estimate of drug-likeness (QED) is 0.178. The molecular formula is C37H36F3N3O2. The predicted molar refractivity (Wildman–Crippen MR) is 169 cm³/mol. The molecule has 4 aromatic rings. The van der Waals surface area contributed by atoms with Gasteiger partial charge >= 0.3 is 6.18 Å². The number of alkyl halides is 3. The van der Waals surface area contributed by atoms with E-state index in [1.54, 1.807) is 18.3 Å². The molecule has 1 fully saturated rings. The average molecular weight is 612 g/mol. The third kappa shape index (κ3) is 8.91. The summed E-state index contributed by atoms with van der Waals surface area (Å²) >= 11 is 0. The number of hydrogen-bond donors (Lipinski definition) is 0. The molecule has 0 aliphatic carbocycles. The third-order valence-electron chi connectivity index (χ3n) is 8.22. The molecule has 5 rings (SSSR count). The molecule has 0 radical (unpaired) electrons. The number of carbonyl (C=O) groups is 2. The van der Waals surface area contributed by atoms with E-state index in [-0.39, 0.29) is 12.5 Å². The van der Waals surface area contributed by atoms with Crippen LogP contribution >= 0.6 is 0 Å². The Balaban J connectivity index is 1.39. The Kier molecular flexibility index (Phi) is 10.5. The SMILES string of the molecule is O=C([C@H](Cc1ccccc1)N(Cc1ccccn1)C(=O)C=Cc1ccc(C(F)(F)F)cc1)N1CCC(Cc2ccccc2)CC1. The summed E-state index contributed by atoms with van der Waals surface area (Å²) in [5.41, 5.74) is 2.52. The van der Waals surface area contributed by atoms with Crippen LogP contribution in [0, 0.1) is 5.92 Å². The number of aromatic nitrogens is 1.